The summed E-state index contributed by atoms with van der Waals surface area (Å²) in [4.78, 5) is 12.1. The first-order chi connectivity index (χ1) is 10.8. The first-order valence-corrected chi connectivity index (χ1v) is 8.76. The quantitative estimate of drug-likeness (QED) is 0.718. The number of benzene rings is 1. The van der Waals surface area contributed by atoms with Crippen molar-refractivity contribution in [2.45, 2.75) is 18.9 Å². The Morgan fingerprint density at radius 2 is 2.36 bits per heavy atom. The van der Waals surface area contributed by atoms with Gasteiger partial charge in [-0.15, -0.1) is 0 Å². The molecule has 6 heteroatoms. The molecule has 1 unspecified atom stereocenters. The molecule has 1 saturated heterocycles. The summed E-state index contributed by atoms with van der Waals surface area (Å²) >= 11 is 1.89. The van der Waals surface area contributed by atoms with Gasteiger partial charge in [-0.05, 0) is 12.1 Å². The third-order valence-electron chi connectivity index (χ3n) is 3.31. The van der Waals surface area contributed by atoms with Crippen LogP contribution >= 0.6 is 11.8 Å². The van der Waals surface area contributed by atoms with Crippen LogP contribution in [0.5, 0.6) is 5.75 Å². The lowest BCUT2D eigenvalue weighted by atomic mass is 10.2. The van der Waals surface area contributed by atoms with E-state index in [4.69, 9.17) is 9.47 Å². The van der Waals surface area contributed by atoms with Crippen molar-refractivity contribution >= 4 is 23.4 Å². The van der Waals surface area contributed by atoms with Gasteiger partial charge in [-0.2, -0.15) is 11.8 Å². The Bertz CT molecular complexity index is 464. The number of rotatable bonds is 8. The highest BCUT2D eigenvalue weighted by molar-refractivity contribution is 7.99. The Hall–Kier alpha value is -1.24. The largest absolute Gasteiger partial charge is 0.493 e. The zero-order chi connectivity index (χ0) is 15.6. The molecule has 22 heavy (non-hydrogen) atoms. The third kappa shape index (κ3) is 6.25. The van der Waals surface area contributed by atoms with Crippen LogP contribution in [0.1, 0.15) is 12.8 Å². The fourth-order valence-electron chi connectivity index (χ4n) is 2.24. The predicted molar refractivity (Wildman–Crippen MR) is 90.8 cm³/mol. The fraction of sp³-hybridized carbons (Fsp3) is 0.562. The Balaban J connectivity index is 1.77. The normalized spacial score (nSPS) is 18.0. The van der Waals surface area contributed by atoms with Crippen molar-refractivity contribution in [3.63, 3.8) is 0 Å². The van der Waals surface area contributed by atoms with Gasteiger partial charge in [0.2, 0.25) is 5.91 Å². The number of anilines is 1. The summed E-state index contributed by atoms with van der Waals surface area (Å²) in [7, 11) is 1.68. The molecule has 0 aliphatic carbocycles. The van der Waals surface area contributed by atoms with Crippen molar-refractivity contribution in [2.75, 3.05) is 43.7 Å². The summed E-state index contributed by atoms with van der Waals surface area (Å²) < 4.78 is 10.6. The second-order valence-corrected chi connectivity index (χ2v) is 6.35. The van der Waals surface area contributed by atoms with Gasteiger partial charge >= 0.3 is 0 Å². The van der Waals surface area contributed by atoms with Crippen molar-refractivity contribution in [2.24, 2.45) is 0 Å². The summed E-state index contributed by atoms with van der Waals surface area (Å²) in [5.41, 5.74) is 0.776. The monoisotopic (exact) mass is 324 g/mol. The summed E-state index contributed by atoms with van der Waals surface area (Å²) in [5.74, 6) is 2.92. The predicted octanol–water partition coefficient (Wildman–Crippen LogP) is 2.14. The van der Waals surface area contributed by atoms with Gasteiger partial charge in [0, 0.05) is 62.4 Å². The van der Waals surface area contributed by atoms with E-state index in [0.717, 1.165) is 35.9 Å². The van der Waals surface area contributed by atoms with E-state index in [2.05, 4.69) is 10.6 Å². The van der Waals surface area contributed by atoms with E-state index in [1.165, 1.54) is 0 Å². The van der Waals surface area contributed by atoms with Gasteiger partial charge < -0.3 is 20.1 Å². The summed E-state index contributed by atoms with van der Waals surface area (Å²) in [5, 5.41) is 6.31. The first kappa shape index (κ1) is 17.1. The molecule has 1 atom stereocenters. The van der Waals surface area contributed by atoms with Crippen LogP contribution in [0.2, 0.25) is 0 Å². The smallest absolute Gasteiger partial charge is 0.225 e. The van der Waals surface area contributed by atoms with Gasteiger partial charge in [0.25, 0.3) is 0 Å². The molecule has 2 N–H and O–H groups in total. The molecule has 0 aromatic heterocycles. The number of methoxy groups -OCH3 is 1. The standard InChI is InChI=1S/C16H24N2O3S/c1-20-7-3-8-21-15-5-2-4-13(10-15)18-16(19)11-14-12-22-9-6-17-14/h2,4-5,10,14,17H,3,6-9,11-12H2,1H3,(H,18,19). The van der Waals surface area contributed by atoms with Crippen molar-refractivity contribution < 1.29 is 14.3 Å². The Morgan fingerprint density at radius 3 is 3.14 bits per heavy atom. The molecule has 1 amide bonds. The highest BCUT2D eigenvalue weighted by Gasteiger charge is 2.16. The van der Waals surface area contributed by atoms with E-state index in [1.807, 2.05) is 36.0 Å². The number of nitrogens with one attached hydrogen (secondary N) is 2. The Kier molecular flexibility index (Phi) is 7.56. The molecule has 0 radical (unpaired) electrons. The van der Waals surface area contributed by atoms with Crippen LogP contribution in [0.3, 0.4) is 0 Å². The van der Waals surface area contributed by atoms with Crippen LogP contribution < -0.4 is 15.4 Å². The molecular formula is C16H24N2O3S. The van der Waals surface area contributed by atoms with E-state index >= 15 is 0 Å². The first-order valence-electron chi connectivity index (χ1n) is 7.60. The number of thioether (sulfide) groups is 1. The van der Waals surface area contributed by atoms with Gasteiger partial charge in [0.05, 0.1) is 6.61 Å². The molecule has 5 nitrogen and oxygen atoms in total. The number of hydrogen-bond donors (Lipinski definition) is 2. The topological polar surface area (TPSA) is 59.6 Å². The van der Waals surface area contributed by atoms with Crippen molar-refractivity contribution in [3.8, 4) is 5.75 Å². The minimum Gasteiger partial charge on any atom is -0.493 e. The summed E-state index contributed by atoms with van der Waals surface area (Å²) in [6.45, 7) is 2.27. The molecule has 1 aromatic carbocycles. The Labute approximate surface area is 136 Å². The molecule has 1 fully saturated rings. The van der Waals surface area contributed by atoms with E-state index in [1.54, 1.807) is 7.11 Å². The molecular weight excluding hydrogens is 300 g/mol. The van der Waals surface area contributed by atoms with Gasteiger partial charge in [-0.3, -0.25) is 4.79 Å². The minimum absolute atomic E-state index is 0.0385. The van der Waals surface area contributed by atoms with Gasteiger partial charge in [-0.25, -0.2) is 0 Å². The van der Waals surface area contributed by atoms with Crippen molar-refractivity contribution in [3.05, 3.63) is 24.3 Å². The molecule has 0 bridgehead atoms. The second kappa shape index (κ2) is 9.71. The number of carbonyl (C=O) groups is 1. The van der Waals surface area contributed by atoms with Gasteiger partial charge in [-0.1, -0.05) is 6.07 Å². The number of ether oxygens (including phenoxy) is 2. The maximum Gasteiger partial charge on any atom is 0.225 e. The maximum absolute atomic E-state index is 12.1. The number of amides is 1. The molecule has 1 heterocycles. The van der Waals surface area contributed by atoms with Crippen LogP contribution in [0, 0.1) is 0 Å². The lowest BCUT2D eigenvalue weighted by Crippen LogP contribution is -2.39. The lowest BCUT2D eigenvalue weighted by molar-refractivity contribution is -0.116. The van der Waals surface area contributed by atoms with Crippen LogP contribution in [0.25, 0.3) is 0 Å². The van der Waals surface area contributed by atoms with Crippen LogP contribution in [-0.4, -0.2) is 50.3 Å². The lowest BCUT2D eigenvalue weighted by Gasteiger charge is -2.22. The van der Waals surface area contributed by atoms with Crippen molar-refractivity contribution in [1.29, 1.82) is 0 Å². The molecule has 1 aliphatic rings. The molecule has 1 aromatic rings. The molecule has 122 valence electrons. The van der Waals surface area contributed by atoms with E-state index < -0.39 is 0 Å². The molecule has 0 spiro atoms. The van der Waals surface area contributed by atoms with Crippen LogP contribution in [0.15, 0.2) is 24.3 Å². The van der Waals surface area contributed by atoms with E-state index in [9.17, 15) is 4.79 Å². The van der Waals surface area contributed by atoms with E-state index in [0.29, 0.717) is 19.6 Å². The maximum atomic E-state index is 12.1. The SMILES string of the molecule is COCCCOc1cccc(NC(=O)CC2CSCCN2)c1. The average molecular weight is 324 g/mol. The number of hydrogen-bond acceptors (Lipinski definition) is 5. The Morgan fingerprint density at radius 1 is 1.45 bits per heavy atom. The highest BCUT2D eigenvalue weighted by Crippen LogP contribution is 2.18. The molecule has 2 rings (SSSR count). The zero-order valence-corrected chi connectivity index (χ0v) is 13.8. The fourth-order valence-corrected chi connectivity index (χ4v) is 3.19. The van der Waals surface area contributed by atoms with Crippen LogP contribution in [-0.2, 0) is 9.53 Å². The molecule has 0 saturated carbocycles. The molecule has 1 aliphatic heterocycles. The third-order valence-corrected chi connectivity index (χ3v) is 4.44. The van der Waals surface area contributed by atoms with Crippen LogP contribution in [0.4, 0.5) is 5.69 Å². The van der Waals surface area contributed by atoms with E-state index in [-0.39, 0.29) is 11.9 Å². The number of carbonyl (C=O) groups excluding carboxylic acids is 1. The highest BCUT2D eigenvalue weighted by atomic mass is 32.2. The summed E-state index contributed by atoms with van der Waals surface area (Å²) in [6, 6.07) is 7.78. The summed E-state index contributed by atoms with van der Waals surface area (Å²) in [6.07, 6.45) is 1.35. The van der Waals surface area contributed by atoms with Gasteiger partial charge in [0.1, 0.15) is 5.75 Å². The minimum atomic E-state index is 0.0385. The van der Waals surface area contributed by atoms with Gasteiger partial charge in [0.15, 0.2) is 0 Å². The van der Waals surface area contributed by atoms with Crippen molar-refractivity contribution in [1.82, 2.24) is 5.32 Å². The zero-order valence-electron chi connectivity index (χ0n) is 13.0. The second-order valence-electron chi connectivity index (χ2n) is 5.20. The average Bonchev–Trinajstić information content (AvgIpc) is 2.53.